The van der Waals surface area contributed by atoms with Crippen LogP contribution in [-0.4, -0.2) is 25.7 Å². The minimum Gasteiger partial charge on any atom is -0.306 e. The second-order valence-corrected chi connectivity index (χ2v) is 5.89. The number of H-pyrrole nitrogens is 1. The fraction of sp³-hybridized carbons (Fsp3) is 0.176. The van der Waals surface area contributed by atoms with Crippen LogP contribution in [0.5, 0.6) is 0 Å². The molecule has 7 nitrogen and oxygen atoms in total. The second-order valence-electron chi connectivity index (χ2n) is 5.46. The molecule has 1 amide bonds. The van der Waals surface area contributed by atoms with Crippen LogP contribution in [0.3, 0.4) is 0 Å². The number of anilines is 1. The van der Waals surface area contributed by atoms with Crippen LogP contribution in [0.15, 0.2) is 41.2 Å². The first kappa shape index (κ1) is 16.9. The van der Waals surface area contributed by atoms with E-state index < -0.39 is 0 Å². The molecule has 3 aromatic rings. The van der Waals surface area contributed by atoms with Crippen molar-refractivity contribution >= 4 is 23.3 Å². The van der Waals surface area contributed by atoms with Crippen LogP contribution in [0.2, 0.25) is 5.02 Å². The van der Waals surface area contributed by atoms with Crippen molar-refractivity contribution in [1.29, 1.82) is 0 Å². The molecule has 8 heteroatoms. The lowest BCUT2D eigenvalue weighted by Gasteiger charge is -2.09. The third-order valence-corrected chi connectivity index (χ3v) is 3.78. The molecule has 1 aromatic carbocycles. The van der Waals surface area contributed by atoms with Crippen molar-refractivity contribution in [2.24, 2.45) is 0 Å². The standard InChI is InChI=1S/C17H16ClN5O2/c1-3-13-9-15(24)21-17(19-13)23-14(8-10(2)22-23)20-16(25)11-4-6-12(18)7-5-11/h4-9H,3H2,1-2H3,(H,20,25)(H,19,21,24). The summed E-state index contributed by atoms with van der Waals surface area (Å²) < 4.78 is 1.41. The Morgan fingerprint density at radius 3 is 2.68 bits per heavy atom. The number of aromatic nitrogens is 4. The monoisotopic (exact) mass is 357 g/mol. The largest absolute Gasteiger partial charge is 0.306 e. The van der Waals surface area contributed by atoms with E-state index in [2.05, 4.69) is 20.4 Å². The highest BCUT2D eigenvalue weighted by Gasteiger charge is 2.14. The molecular formula is C17H16ClN5O2. The smallest absolute Gasteiger partial charge is 0.256 e. The minimum absolute atomic E-state index is 0.254. The zero-order valence-corrected chi connectivity index (χ0v) is 14.5. The molecule has 2 N–H and O–H groups in total. The third kappa shape index (κ3) is 3.77. The maximum absolute atomic E-state index is 12.4. The Labute approximate surface area is 148 Å². The first-order valence-electron chi connectivity index (χ1n) is 7.70. The van der Waals surface area contributed by atoms with Gasteiger partial charge in [-0.3, -0.25) is 14.6 Å². The van der Waals surface area contributed by atoms with E-state index in [4.69, 9.17) is 11.6 Å². The molecule has 0 saturated heterocycles. The molecule has 2 aromatic heterocycles. The van der Waals surface area contributed by atoms with Gasteiger partial charge in [-0.05, 0) is 37.6 Å². The van der Waals surface area contributed by atoms with Gasteiger partial charge in [0, 0.05) is 28.4 Å². The van der Waals surface area contributed by atoms with Crippen LogP contribution in [0.1, 0.15) is 28.7 Å². The number of carbonyl (C=O) groups excluding carboxylic acids is 1. The van der Waals surface area contributed by atoms with Gasteiger partial charge in [0.05, 0.1) is 5.69 Å². The van der Waals surface area contributed by atoms with Crippen molar-refractivity contribution in [2.45, 2.75) is 20.3 Å². The lowest BCUT2D eigenvalue weighted by molar-refractivity contribution is 0.102. The number of halogens is 1. The summed E-state index contributed by atoms with van der Waals surface area (Å²) in [7, 11) is 0. The zero-order chi connectivity index (χ0) is 18.0. The fourth-order valence-corrected chi connectivity index (χ4v) is 2.44. The molecule has 0 fully saturated rings. The summed E-state index contributed by atoms with van der Waals surface area (Å²) in [5.41, 5.74) is 1.50. The van der Waals surface area contributed by atoms with Gasteiger partial charge in [0.1, 0.15) is 5.82 Å². The lowest BCUT2D eigenvalue weighted by atomic mass is 10.2. The van der Waals surface area contributed by atoms with E-state index in [-0.39, 0.29) is 17.4 Å². The van der Waals surface area contributed by atoms with Gasteiger partial charge in [-0.2, -0.15) is 9.78 Å². The SMILES string of the molecule is CCc1cc(=O)[nH]c(-n2nc(C)cc2NC(=O)c2ccc(Cl)cc2)n1. The molecule has 0 bridgehead atoms. The molecular weight excluding hydrogens is 342 g/mol. The zero-order valence-electron chi connectivity index (χ0n) is 13.7. The van der Waals surface area contributed by atoms with Gasteiger partial charge in [-0.15, -0.1) is 0 Å². The summed E-state index contributed by atoms with van der Waals surface area (Å²) in [4.78, 5) is 31.2. The first-order valence-corrected chi connectivity index (χ1v) is 8.08. The quantitative estimate of drug-likeness (QED) is 0.750. The van der Waals surface area contributed by atoms with Gasteiger partial charge in [0.25, 0.3) is 11.5 Å². The van der Waals surface area contributed by atoms with E-state index in [1.54, 1.807) is 37.3 Å². The second kappa shape index (κ2) is 6.90. The maximum Gasteiger partial charge on any atom is 0.256 e. The normalized spacial score (nSPS) is 10.7. The lowest BCUT2D eigenvalue weighted by Crippen LogP contribution is -2.19. The summed E-state index contributed by atoms with van der Waals surface area (Å²) in [5, 5.41) is 7.64. The van der Waals surface area contributed by atoms with Crippen LogP contribution in [-0.2, 0) is 6.42 Å². The predicted molar refractivity (Wildman–Crippen MR) is 95.5 cm³/mol. The van der Waals surface area contributed by atoms with Crippen molar-refractivity contribution in [3.63, 3.8) is 0 Å². The van der Waals surface area contributed by atoms with Crippen LogP contribution in [0.4, 0.5) is 5.82 Å². The number of rotatable bonds is 4. The van der Waals surface area contributed by atoms with Crippen molar-refractivity contribution in [1.82, 2.24) is 19.7 Å². The van der Waals surface area contributed by atoms with Gasteiger partial charge in [-0.25, -0.2) is 4.98 Å². The number of nitrogens with one attached hydrogen (secondary N) is 2. The van der Waals surface area contributed by atoms with Gasteiger partial charge in [0.2, 0.25) is 5.95 Å². The van der Waals surface area contributed by atoms with Crippen LogP contribution >= 0.6 is 11.6 Å². The van der Waals surface area contributed by atoms with Crippen LogP contribution in [0.25, 0.3) is 5.95 Å². The van der Waals surface area contributed by atoms with E-state index in [0.29, 0.717) is 34.2 Å². The molecule has 0 unspecified atom stereocenters. The van der Waals surface area contributed by atoms with Crippen LogP contribution in [0, 0.1) is 6.92 Å². The molecule has 0 radical (unpaired) electrons. The molecule has 0 atom stereocenters. The van der Waals surface area contributed by atoms with E-state index in [0.717, 1.165) is 0 Å². The van der Waals surface area contributed by atoms with Gasteiger partial charge in [-0.1, -0.05) is 18.5 Å². The Bertz CT molecular complexity index is 975. The number of carbonyl (C=O) groups is 1. The molecule has 3 rings (SSSR count). The molecule has 25 heavy (non-hydrogen) atoms. The summed E-state index contributed by atoms with van der Waals surface area (Å²) >= 11 is 5.84. The minimum atomic E-state index is -0.313. The average molecular weight is 358 g/mol. The van der Waals surface area contributed by atoms with Crippen LogP contribution < -0.4 is 10.9 Å². The molecule has 0 spiro atoms. The summed E-state index contributed by atoms with van der Waals surface area (Å²) in [6.07, 6.45) is 0.615. The predicted octanol–water partition coefficient (Wildman–Crippen LogP) is 2.73. The Kier molecular flexibility index (Phi) is 4.67. The van der Waals surface area contributed by atoms with Gasteiger partial charge < -0.3 is 5.32 Å². The number of aromatic amines is 1. The average Bonchev–Trinajstić information content (AvgIpc) is 2.95. The molecule has 128 valence electrons. The van der Waals surface area contributed by atoms with Crippen molar-refractivity contribution in [2.75, 3.05) is 5.32 Å². The Balaban J connectivity index is 1.96. The number of hydrogen-bond donors (Lipinski definition) is 2. The Hall–Kier alpha value is -2.93. The Morgan fingerprint density at radius 2 is 2.00 bits per heavy atom. The molecule has 0 aliphatic carbocycles. The fourth-order valence-electron chi connectivity index (χ4n) is 2.31. The highest BCUT2D eigenvalue weighted by Crippen LogP contribution is 2.16. The van der Waals surface area contributed by atoms with Crippen molar-refractivity contribution in [3.8, 4) is 5.95 Å². The van der Waals surface area contributed by atoms with Crippen molar-refractivity contribution < 1.29 is 4.79 Å². The maximum atomic E-state index is 12.4. The van der Waals surface area contributed by atoms with E-state index in [9.17, 15) is 9.59 Å². The van der Waals surface area contributed by atoms with Gasteiger partial charge >= 0.3 is 0 Å². The number of hydrogen-bond acceptors (Lipinski definition) is 4. The number of amides is 1. The van der Waals surface area contributed by atoms with E-state index in [1.165, 1.54) is 10.7 Å². The van der Waals surface area contributed by atoms with E-state index in [1.807, 2.05) is 6.92 Å². The summed E-state index contributed by atoms with van der Waals surface area (Å²) in [6, 6.07) is 9.68. The molecule has 0 aliphatic rings. The summed E-state index contributed by atoms with van der Waals surface area (Å²) in [6.45, 7) is 3.69. The molecule has 2 heterocycles. The highest BCUT2D eigenvalue weighted by molar-refractivity contribution is 6.30. The van der Waals surface area contributed by atoms with E-state index >= 15 is 0 Å². The number of nitrogens with zero attached hydrogens (tertiary/aromatic N) is 3. The third-order valence-electron chi connectivity index (χ3n) is 3.52. The van der Waals surface area contributed by atoms with Gasteiger partial charge in [0.15, 0.2) is 0 Å². The Morgan fingerprint density at radius 1 is 1.28 bits per heavy atom. The number of aryl methyl sites for hydroxylation is 2. The molecule has 0 aliphatic heterocycles. The number of benzene rings is 1. The highest BCUT2D eigenvalue weighted by atomic mass is 35.5. The van der Waals surface area contributed by atoms with Crippen molar-refractivity contribution in [3.05, 3.63) is 68.7 Å². The molecule has 0 saturated carbocycles. The topological polar surface area (TPSA) is 92.7 Å². The first-order chi connectivity index (χ1) is 12.0. The summed E-state index contributed by atoms with van der Waals surface area (Å²) in [5.74, 6) is 0.351.